The molecule has 0 bridgehead atoms. The Balaban J connectivity index is 1.84. The average Bonchev–Trinajstić information content (AvgIpc) is 3.58. The quantitative estimate of drug-likeness (QED) is 0.168. The second kappa shape index (κ2) is 13.3. The highest BCUT2D eigenvalue weighted by Crippen LogP contribution is 2.51. The third kappa shape index (κ3) is 7.53. The van der Waals surface area contributed by atoms with Crippen molar-refractivity contribution in [1.29, 1.82) is 0 Å². The van der Waals surface area contributed by atoms with Crippen molar-refractivity contribution in [3.63, 3.8) is 0 Å². The van der Waals surface area contributed by atoms with Crippen molar-refractivity contribution in [3.05, 3.63) is 86.0 Å². The van der Waals surface area contributed by atoms with Gasteiger partial charge >= 0.3 is 24.2 Å². The molecule has 2 amide bonds. The van der Waals surface area contributed by atoms with Gasteiger partial charge < -0.3 is 10.6 Å². The minimum atomic E-state index is -6.60. The van der Waals surface area contributed by atoms with Crippen LogP contribution in [0.2, 0.25) is 5.02 Å². The maximum absolute atomic E-state index is 14.3. The van der Waals surface area contributed by atoms with Crippen LogP contribution in [0.25, 0.3) is 5.82 Å². The molecule has 49 heavy (non-hydrogen) atoms. The molecule has 0 aliphatic heterocycles. The lowest BCUT2D eigenvalue weighted by Crippen LogP contribution is -2.40. The van der Waals surface area contributed by atoms with Crippen LogP contribution in [-0.2, 0) is 18.4 Å². The largest absolute Gasteiger partial charge is 0.459 e. The summed E-state index contributed by atoms with van der Waals surface area (Å²) in [6.45, 7) is 3.85. The molecule has 2 N–H and O–H groups in total. The number of halogens is 12. The topological polar surface area (TPSA) is 107 Å². The van der Waals surface area contributed by atoms with Gasteiger partial charge in [0.05, 0.1) is 34.1 Å². The number of hydrogen-bond acceptors (Lipinski definition) is 5. The molecule has 9 nitrogen and oxygen atoms in total. The van der Waals surface area contributed by atoms with Gasteiger partial charge in [0.15, 0.2) is 11.5 Å². The van der Waals surface area contributed by atoms with Crippen molar-refractivity contribution in [1.82, 2.24) is 29.9 Å². The number of benzene rings is 1. The van der Waals surface area contributed by atoms with E-state index in [0.717, 1.165) is 10.7 Å². The number of hydrogen-bond donors (Lipinski definition) is 2. The molecular weight excluding hydrogens is 772 g/mol. The Morgan fingerprint density at radius 2 is 1.57 bits per heavy atom. The number of anilines is 1. The van der Waals surface area contributed by atoms with Gasteiger partial charge in [-0.2, -0.15) is 54.1 Å². The number of nitrogens with one attached hydrogen (secondary N) is 2. The molecule has 264 valence electrons. The summed E-state index contributed by atoms with van der Waals surface area (Å²) in [7, 11) is 0. The number of carbonyl (C=O) groups is 2. The monoisotopic (exact) mass is 791 g/mol. The van der Waals surface area contributed by atoms with Gasteiger partial charge in [0.2, 0.25) is 0 Å². The van der Waals surface area contributed by atoms with Gasteiger partial charge in [-0.1, -0.05) is 27.5 Å². The first-order valence-electron chi connectivity index (χ1n) is 13.5. The van der Waals surface area contributed by atoms with E-state index in [1.165, 1.54) is 24.4 Å². The maximum atomic E-state index is 14.3. The second-order valence-corrected chi connectivity index (χ2v) is 12.0. The lowest BCUT2D eigenvalue weighted by atomic mass is 10.0. The zero-order chi connectivity index (χ0) is 36.9. The van der Waals surface area contributed by atoms with Gasteiger partial charge in [-0.25, -0.2) is 9.67 Å². The number of pyridine rings is 1. The van der Waals surface area contributed by atoms with Crippen molar-refractivity contribution >= 4 is 45.0 Å². The summed E-state index contributed by atoms with van der Waals surface area (Å²) in [4.78, 5) is 30.7. The molecule has 0 atom stereocenters. The Labute approximate surface area is 282 Å². The van der Waals surface area contributed by atoms with E-state index >= 15 is 0 Å². The van der Waals surface area contributed by atoms with E-state index in [2.05, 4.69) is 41.7 Å². The van der Waals surface area contributed by atoms with Gasteiger partial charge in [-0.05, 0) is 56.7 Å². The van der Waals surface area contributed by atoms with Gasteiger partial charge in [0.1, 0.15) is 5.69 Å². The molecule has 0 aliphatic rings. The Hall–Kier alpha value is -4.20. The summed E-state index contributed by atoms with van der Waals surface area (Å²) in [5, 5.41) is 11.9. The first-order chi connectivity index (χ1) is 22.5. The molecule has 1 aromatic carbocycles. The van der Waals surface area contributed by atoms with Crippen LogP contribution in [0.5, 0.6) is 0 Å². The van der Waals surface area contributed by atoms with E-state index in [4.69, 9.17) is 11.6 Å². The molecule has 4 aromatic rings. The molecule has 0 saturated carbocycles. The van der Waals surface area contributed by atoms with Crippen molar-refractivity contribution in [2.45, 2.75) is 57.6 Å². The van der Waals surface area contributed by atoms with E-state index in [0.29, 0.717) is 10.0 Å². The third-order valence-corrected chi connectivity index (χ3v) is 7.32. The Morgan fingerprint density at radius 1 is 0.939 bits per heavy atom. The molecule has 0 unspecified atom stereocenters. The van der Waals surface area contributed by atoms with Crippen LogP contribution in [0, 0.1) is 6.92 Å². The van der Waals surface area contributed by atoms with Gasteiger partial charge in [-0.15, -0.1) is 0 Å². The van der Waals surface area contributed by atoms with Crippen LogP contribution >= 0.6 is 27.5 Å². The summed E-state index contributed by atoms with van der Waals surface area (Å²) in [6.07, 6.45) is -12.3. The molecule has 3 heterocycles. The van der Waals surface area contributed by atoms with E-state index in [9.17, 15) is 53.5 Å². The lowest BCUT2D eigenvalue weighted by molar-refractivity contribution is -0.302. The highest BCUT2D eigenvalue weighted by atomic mass is 79.9. The standard InChI is InChI=1S/C28H21BrClF10N7O2/c1-12(2)42-23(48)16-8-14(29)7-13(3)20(16)43-24(49)19-9-15(44-47(19)22-18(30)5-4-6-41-22)10-46-11-17(25(31,32)27(35,36)37)21(45-46)26(33,34)28(38,39)40/h4-9,11-12H,10H2,1-3H3,(H,42,48)(H,43,49). The number of nitrogens with zero attached hydrogens (tertiary/aromatic N) is 5. The fourth-order valence-corrected chi connectivity index (χ4v) is 5.16. The Kier molecular flexibility index (Phi) is 10.2. The molecule has 0 spiro atoms. The fraction of sp³-hybridized carbons (Fsp3) is 0.321. The average molecular weight is 793 g/mol. The first kappa shape index (κ1) is 37.6. The van der Waals surface area contributed by atoms with Crippen molar-refractivity contribution in [3.8, 4) is 5.82 Å². The van der Waals surface area contributed by atoms with Crippen molar-refractivity contribution < 1.29 is 53.5 Å². The summed E-state index contributed by atoms with van der Waals surface area (Å²) in [5.41, 5.74) is -6.09. The van der Waals surface area contributed by atoms with E-state index < -0.39 is 65.2 Å². The summed E-state index contributed by atoms with van der Waals surface area (Å²) in [6, 6.07) is 6.31. The normalized spacial score (nSPS) is 12.8. The number of aryl methyl sites for hydroxylation is 1. The molecule has 0 radical (unpaired) electrons. The molecule has 0 saturated heterocycles. The molecular formula is C28H21BrClF10N7O2. The fourth-order valence-electron chi connectivity index (χ4n) is 4.39. The number of carbonyl (C=O) groups excluding carboxylic acids is 2. The molecule has 0 aliphatic carbocycles. The maximum Gasteiger partial charge on any atom is 0.459 e. The zero-order valence-corrected chi connectivity index (χ0v) is 27.3. The number of alkyl halides is 10. The van der Waals surface area contributed by atoms with Crippen LogP contribution < -0.4 is 10.6 Å². The SMILES string of the molecule is Cc1cc(Br)cc(C(=O)NC(C)C)c1NC(=O)c1cc(Cn2cc(C(F)(F)C(F)(F)F)c(C(F)(F)C(F)(F)F)n2)nn1-c1ncccc1Cl. The van der Waals surface area contributed by atoms with Crippen LogP contribution in [-0.4, -0.2) is 54.8 Å². The number of amides is 2. The highest BCUT2D eigenvalue weighted by molar-refractivity contribution is 9.10. The zero-order valence-electron chi connectivity index (χ0n) is 24.9. The minimum absolute atomic E-state index is 0.0175. The van der Waals surface area contributed by atoms with Gasteiger partial charge in [-0.3, -0.25) is 14.3 Å². The van der Waals surface area contributed by atoms with Crippen molar-refractivity contribution in [2.75, 3.05) is 5.32 Å². The van der Waals surface area contributed by atoms with Gasteiger partial charge in [0.25, 0.3) is 11.8 Å². The Bertz CT molecular complexity index is 1860. The Morgan fingerprint density at radius 3 is 2.14 bits per heavy atom. The molecule has 4 rings (SSSR count). The van der Waals surface area contributed by atoms with Gasteiger partial charge in [0, 0.05) is 22.9 Å². The predicted octanol–water partition coefficient (Wildman–Crippen LogP) is 7.94. The molecule has 3 aromatic heterocycles. The predicted molar refractivity (Wildman–Crippen MR) is 157 cm³/mol. The summed E-state index contributed by atoms with van der Waals surface area (Å²) in [5.74, 6) is -14.2. The van der Waals surface area contributed by atoms with Crippen LogP contribution in [0.15, 0.2) is 47.2 Å². The summed E-state index contributed by atoms with van der Waals surface area (Å²) >= 11 is 9.50. The summed E-state index contributed by atoms with van der Waals surface area (Å²) < 4.78 is 137. The van der Waals surface area contributed by atoms with E-state index in [1.807, 2.05) is 0 Å². The number of aromatic nitrogens is 5. The van der Waals surface area contributed by atoms with Crippen molar-refractivity contribution in [2.24, 2.45) is 0 Å². The third-order valence-electron chi connectivity index (χ3n) is 6.57. The van der Waals surface area contributed by atoms with Crippen LogP contribution in [0.1, 0.15) is 57.2 Å². The first-order valence-corrected chi connectivity index (χ1v) is 14.7. The van der Waals surface area contributed by atoms with Crippen LogP contribution in [0.3, 0.4) is 0 Å². The molecule has 0 fully saturated rings. The van der Waals surface area contributed by atoms with E-state index in [1.54, 1.807) is 26.8 Å². The van der Waals surface area contributed by atoms with Crippen LogP contribution in [0.4, 0.5) is 49.6 Å². The number of rotatable bonds is 9. The highest BCUT2D eigenvalue weighted by Gasteiger charge is 2.67. The molecule has 21 heteroatoms. The lowest BCUT2D eigenvalue weighted by Gasteiger charge is -2.23. The smallest absolute Gasteiger partial charge is 0.350 e. The van der Waals surface area contributed by atoms with E-state index in [-0.39, 0.29) is 39.0 Å². The minimum Gasteiger partial charge on any atom is -0.350 e. The second-order valence-electron chi connectivity index (χ2n) is 10.7.